The fourth-order valence-corrected chi connectivity index (χ4v) is 5.29. The van der Waals surface area contributed by atoms with E-state index in [0.29, 0.717) is 24.1 Å². The van der Waals surface area contributed by atoms with Crippen molar-refractivity contribution < 1.29 is 26.2 Å². The summed E-state index contributed by atoms with van der Waals surface area (Å²) in [5.74, 6) is -3.15. The summed E-state index contributed by atoms with van der Waals surface area (Å²) in [6.07, 6.45) is 7.23. The first kappa shape index (κ1) is 25.1. The van der Waals surface area contributed by atoms with Gasteiger partial charge in [-0.1, -0.05) is 30.3 Å². The molecule has 0 aliphatic heterocycles. The molecule has 1 fully saturated rings. The summed E-state index contributed by atoms with van der Waals surface area (Å²) in [5, 5.41) is 0. The number of ketones is 1. The Balaban J connectivity index is 1.57. The highest BCUT2D eigenvalue weighted by Crippen LogP contribution is 2.39. The van der Waals surface area contributed by atoms with E-state index in [1.165, 1.54) is 42.9 Å². The highest BCUT2D eigenvalue weighted by atomic mass is 32.2. The number of rotatable bonds is 7. The lowest BCUT2D eigenvalue weighted by atomic mass is 9.75. The predicted molar refractivity (Wildman–Crippen MR) is 127 cm³/mol. The molecule has 184 valence electrons. The Morgan fingerprint density at radius 1 is 1.03 bits per heavy atom. The lowest BCUT2D eigenvalue weighted by Crippen LogP contribution is -2.22. The Bertz CT molecular complexity index is 1300. The molecule has 1 saturated carbocycles. The fraction of sp³-hybridized carbons (Fsp3) is 0.346. The van der Waals surface area contributed by atoms with Gasteiger partial charge in [0.2, 0.25) is 0 Å². The van der Waals surface area contributed by atoms with Crippen LogP contribution in [0.5, 0.6) is 0 Å². The Hall–Kier alpha value is -3.04. The molecule has 1 aliphatic carbocycles. The van der Waals surface area contributed by atoms with Crippen molar-refractivity contribution in [3.63, 3.8) is 0 Å². The van der Waals surface area contributed by atoms with Crippen molar-refractivity contribution in [1.29, 1.82) is 0 Å². The highest BCUT2D eigenvalue weighted by molar-refractivity contribution is 7.86. The van der Waals surface area contributed by atoms with Gasteiger partial charge in [-0.15, -0.1) is 0 Å². The molecule has 1 aliphatic rings. The first-order valence-corrected chi connectivity index (χ1v) is 12.7. The maximum Gasteiger partial charge on any atom is 0.296 e. The lowest BCUT2D eigenvalue weighted by molar-refractivity contribution is 0.0174. The van der Waals surface area contributed by atoms with Crippen LogP contribution in [0.1, 0.15) is 60.0 Å². The number of nitrogens with zero attached hydrogens (tertiary/aromatic N) is 2. The minimum absolute atomic E-state index is 0.0208. The van der Waals surface area contributed by atoms with Gasteiger partial charge in [-0.05, 0) is 49.3 Å². The summed E-state index contributed by atoms with van der Waals surface area (Å²) in [5.41, 5.74) is 2.21. The summed E-state index contributed by atoms with van der Waals surface area (Å²) < 4.78 is 56.2. The molecule has 0 bridgehead atoms. The second-order valence-corrected chi connectivity index (χ2v) is 10.6. The van der Waals surface area contributed by atoms with E-state index in [4.69, 9.17) is 0 Å². The molecule has 1 heterocycles. The van der Waals surface area contributed by atoms with Gasteiger partial charge in [0.25, 0.3) is 16.0 Å². The zero-order chi connectivity index (χ0) is 25.2. The van der Waals surface area contributed by atoms with Crippen LogP contribution in [0.3, 0.4) is 0 Å². The van der Waals surface area contributed by atoms with Crippen molar-refractivity contribution in [3.05, 3.63) is 77.7 Å². The summed E-state index contributed by atoms with van der Waals surface area (Å²) in [4.78, 5) is 21.8. The molecule has 0 unspecified atom stereocenters. The third-order valence-corrected chi connectivity index (χ3v) is 7.86. The molecule has 2 aromatic carbocycles. The number of aromatic nitrogens is 2. The predicted octanol–water partition coefficient (Wildman–Crippen LogP) is 5.75. The third kappa shape index (κ3) is 5.46. The Labute approximate surface area is 203 Å². The number of Topliss-reactive ketones (excluding diaryl/α,β-unsaturated/α-hetero) is 1. The van der Waals surface area contributed by atoms with Gasteiger partial charge in [-0.3, -0.25) is 18.9 Å². The molecule has 0 atom stereocenters. The van der Waals surface area contributed by atoms with Crippen molar-refractivity contribution in [3.8, 4) is 11.3 Å². The SMILES string of the molecule is COS(=O)(=O)c1ccc(-c2cnccn2)c(C(=O)C2CCC(c3ccc(C(C)(F)F)cc3)CC2)c1. The molecule has 0 saturated heterocycles. The molecule has 0 amide bonds. The second-order valence-electron chi connectivity index (χ2n) is 8.84. The van der Waals surface area contributed by atoms with Crippen LogP contribution in [0.4, 0.5) is 8.78 Å². The third-order valence-electron chi connectivity index (χ3n) is 6.59. The van der Waals surface area contributed by atoms with Crippen molar-refractivity contribution in [2.75, 3.05) is 7.11 Å². The van der Waals surface area contributed by atoms with E-state index >= 15 is 0 Å². The number of carbonyl (C=O) groups is 1. The average Bonchev–Trinajstić information content (AvgIpc) is 2.88. The maximum atomic E-state index is 13.6. The number of alkyl halides is 2. The summed E-state index contributed by atoms with van der Waals surface area (Å²) >= 11 is 0. The van der Waals surface area contributed by atoms with Crippen LogP contribution in [0.25, 0.3) is 11.3 Å². The Kier molecular flexibility index (Phi) is 7.10. The Morgan fingerprint density at radius 2 is 1.71 bits per heavy atom. The topological polar surface area (TPSA) is 86.2 Å². The summed E-state index contributed by atoms with van der Waals surface area (Å²) in [7, 11) is -2.91. The van der Waals surface area contributed by atoms with Gasteiger partial charge in [-0.2, -0.15) is 8.42 Å². The highest BCUT2D eigenvalue weighted by Gasteiger charge is 2.31. The first-order chi connectivity index (χ1) is 16.6. The normalized spacial score (nSPS) is 18.9. The van der Waals surface area contributed by atoms with Crippen LogP contribution in [0.15, 0.2) is 66.0 Å². The minimum Gasteiger partial charge on any atom is -0.294 e. The van der Waals surface area contributed by atoms with E-state index in [-0.39, 0.29) is 33.6 Å². The standard InChI is InChI=1S/C26H26F2N2O4S/c1-26(27,28)20-9-7-18(8-10-20)17-3-5-19(6-4-17)25(31)23-15-21(35(32,33)34-2)11-12-22(23)24-16-29-13-14-30-24/h7-17,19H,3-6H2,1-2H3. The zero-order valence-electron chi connectivity index (χ0n) is 19.4. The summed E-state index contributed by atoms with van der Waals surface area (Å²) in [6.45, 7) is 0.876. The quantitative estimate of drug-likeness (QED) is 0.303. The van der Waals surface area contributed by atoms with Crippen LogP contribution >= 0.6 is 0 Å². The first-order valence-electron chi connectivity index (χ1n) is 11.3. The van der Waals surface area contributed by atoms with E-state index in [1.807, 2.05) is 0 Å². The summed E-state index contributed by atoms with van der Waals surface area (Å²) in [6, 6.07) is 10.7. The van der Waals surface area contributed by atoms with Gasteiger partial charge in [0.05, 0.1) is 23.9 Å². The van der Waals surface area contributed by atoms with Gasteiger partial charge >= 0.3 is 0 Å². The number of halogens is 2. The van der Waals surface area contributed by atoms with Crippen LogP contribution < -0.4 is 0 Å². The van der Waals surface area contributed by atoms with Crippen LogP contribution in [0.2, 0.25) is 0 Å². The van der Waals surface area contributed by atoms with Crippen molar-refractivity contribution in [2.45, 2.75) is 49.3 Å². The lowest BCUT2D eigenvalue weighted by Gasteiger charge is -2.28. The van der Waals surface area contributed by atoms with E-state index in [1.54, 1.807) is 18.2 Å². The molecule has 0 spiro atoms. The van der Waals surface area contributed by atoms with E-state index in [0.717, 1.165) is 32.4 Å². The van der Waals surface area contributed by atoms with Gasteiger partial charge in [0, 0.05) is 41.9 Å². The Morgan fingerprint density at radius 3 is 2.29 bits per heavy atom. The van der Waals surface area contributed by atoms with Gasteiger partial charge in [0.1, 0.15) is 0 Å². The second kappa shape index (κ2) is 9.91. The minimum atomic E-state index is -3.98. The van der Waals surface area contributed by atoms with Crippen molar-refractivity contribution in [2.24, 2.45) is 5.92 Å². The molecule has 6 nitrogen and oxygen atoms in total. The number of carbonyl (C=O) groups excluding carboxylic acids is 1. The number of hydrogen-bond acceptors (Lipinski definition) is 6. The molecule has 3 aromatic rings. The van der Waals surface area contributed by atoms with Crippen molar-refractivity contribution in [1.82, 2.24) is 9.97 Å². The molecule has 0 N–H and O–H groups in total. The molecule has 0 radical (unpaired) electrons. The maximum absolute atomic E-state index is 13.6. The molecule has 35 heavy (non-hydrogen) atoms. The molecule has 1 aromatic heterocycles. The smallest absolute Gasteiger partial charge is 0.294 e. The molecule has 9 heteroatoms. The monoisotopic (exact) mass is 500 g/mol. The zero-order valence-corrected chi connectivity index (χ0v) is 20.3. The van der Waals surface area contributed by atoms with Crippen LogP contribution in [-0.4, -0.2) is 31.3 Å². The number of benzene rings is 2. The van der Waals surface area contributed by atoms with Gasteiger partial charge in [0.15, 0.2) is 5.78 Å². The molecular formula is C26H26F2N2O4S. The molecular weight excluding hydrogens is 474 g/mol. The fourth-order valence-electron chi connectivity index (χ4n) is 4.60. The van der Waals surface area contributed by atoms with Crippen LogP contribution in [-0.2, 0) is 20.2 Å². The van der Waals surface area contributed by atoms with Crippen molar-refractivity contribution >= 4 is 15.9 Å². The van der Waals surface area contributed by atoms with E-state index < -0.39 is 16.0 Å². The average molecular weight is 501 g/mol. The van der Waals surface area contributed by atoms with Gasteiger partial charge < -0.3 is 0 Å². The largest absolute Gasteiger partial charge is 0.296 e. The van der Waals surface area contributed by atoms with Gasteiger partial charge in [-0.25, -0.2) is 8.78 Å². The van der Waals surface area contributed by atoms with Crippen LogP contribution in [0, 0.1) is 5.92 Å². The molecule has 4 rings (SSSR count). The number of hydrogen-bond donors (Lipinski definition) is 0. The van der Waals surface area contributed by atoms with E-state index in [2.05, 4.69) is 14.2 Å². The van der Waals surface area contributed by atoms with E-state index in [9.17, 15) is 22.0 Å².